The third kappa shape index (κ3) is 5.10. The van der Waals surface area contributed by atoms with Gasteiger partial charge in [0.2, 0.25) is 5.89 Å². The Hall–Kier alpha value is -2.32. The molecule has 0 aliphatic heterocycles. The Morgan fingerprint density at radius 1 is 1.25 bits per heavy atom. The summed E-state index contributed by atoms with van der Waals surface area (Å²) in [4.78, 5) is 27.3. The summed E-state index contributed by atoms with van der Waals surface area (Å²) in [6.07, 6.45) is 0.0735. The van der Waals surface area contributed by atoms with Crippen LogP contribution in [0, 0.1) is 6.92 Å². The van der Waals surface area contributed by atoms with Gasteiger partial charge in [0, 0.05) is 12.8 Å². The predicted molar refractivity (Wildman–Crippen MR) is 83.7 cm³/mol. The molecule has 0 radical (unpaired) electrons. The van der Waals surface area contributed by atoms with E-state index in [2.05, 4.69) is 20.8 Å². The van der Waals surface area contributed by atoms with Crippen molar-refractivity contribution in [2.24, 2.45) is 0 Å². The number of carbonyl (C=O) groups is 2. The van der Waals surface area contributed by atoms with E-state index in [9.17, 15) is 9.59 Å². The molecule has 0 unspecified atom stereocenters. The van der Waals surface area contributed by atoms with Crippen LogP contribution < -0.4 is 10.6 Å². The number of aryl methyl sites for hydroxylation is 1. The van der Waals surface area contributed by atoms with Gasteiger partial charge < -0.3 is 25.0 Å². The van der Waals surface area contributed by atoms with Crippen LogP contribution in [0.2, 0.25) is 0 Å². The van der Waals surface area contributed by atoms with Gasteiger partial charge in [-0.05, 0) is 40.0 Å². The second kappa shape index (κ2) is 7.06. The minimum absolute atomic E-state index is 0.00534. The Morgan fingerprint density at radius 3 is 2.50 bits per heavy atom. The lowest BCUT2D eigenvalue weighted by molar-refractivity contribution is 0.0473. The van der Waals surface area contributed by atoms with Crippen LogP contribution in [0.1, 0.15) is 57.7 Å². The molecule has 1 aromatic rings. The minimum atomic E-state index is -1.12. The number of hydrogen-bond acceptors (Lipinski definition) is 6. The summed E-state index contributed by atoms with van der Waals surface area (Å²) < 4.78 is 10.3. The third-order valence-corrected chi connectivity index (χ3v) is 3.77. The minimum Gasteiger partial charge on any atom is -0.465 e. The molecule has 1 aromatic heterocycles. The lowest BCUT2D eigenvalue weighted by Crippen LogP contribution is -2.54. The molecule has 1 saturated carbocycles. The van der Waals surface area contributed by atoms with Gasteiger partial charge in [0.1, 0.15) is 5.60 Å². The Bertz CT molecular complexity index is 595. The van der Waals surface area contributed by atoms with Crippen LogP contribution in [-0.4, -0.2) is 45.1 Å². The zero-order valence-electron chi connectivity index (χ0n) is 14.3. The normalized spacial score (nSPS) is 24.2. The highest BCUT2D eigenvalue weighted by atomic mass is 16.6. The molecule has 0 bridgehead atoms. The molecule has 9 nitrogen and oxygen atoms in total. The SMILES string of the molecule is Cc1nc([C@H]2CC[C@H](NC(=O)O)[C@H](NC(=O)OC(C)(C)C)C2)no1. The number of nitrogens with one attached hydrogen (secondary N) is 2. The number of amides is 2. The van der Waals surface area contributed by atoms with Crippen LogP contribution >= 0.6 is 0 Å². The molecule has 24 heavy (non-hydrogen) atoms. The van der Waals surface area contributed by atoms with Crippen LogP contribution in [0.25, 0.3) is 0 Å². The van der Waals surface area contributed by atoms with E-state index in [-0.39, 0.29) is 12.0 Å². The maximum Gasteiger partial charge on any atom is 0.407 e. The lowest BCUT2D eigenvalue weighted by Gasteiger charge is -2.35. The fourth-order valence-corrected chi connectivity index (χ4v) is 2.84. The predicted octanol–water partition coefficient (Wildman–Crippen LogP) is 2.18. The number of ether oxygens (including phenoxy) is 1. The molecule has 9 heteroatoms. The molecule has 2 amide bonds. The summed E-state index contributed by atoms with van der Waals surface area (Å²) in [7, 11) is 0. The number of nitrogens with zero attached hydrogens (tertiary/aromatic N) is 2. The van der Waals surface area contributed by atoms with Gasteiger partial charge in [-0.3, -0.25) is 0 Å². The van der Waals surface area contributed by atoms with Crippen molar-refractivity contribution in [2.45, 2.75) is 70.6 Å². The van der Waals surface area contributed by atoms with E-state index in [0.29, 0.717) is 31.0 Å². The van der Waals surface area contributed by atoms with Crippen molar-refractivity contribution in [1.29, 1.82) is 0 Å². The molecule has 1 heterocycles. The molecule has 0 aromatic carbocycles. The summed E-state index contributed by atoms with van der Waals surface area (Å²) in [6.45, 7) is 7.02. The molecule has 3 atom stereocenters. The lowest BCUT2D eigenvalue weighted by atomic mass is 9.82. The fourth-order valence-electron chi connectivity index (χ4n) is 2.84. The molecule has 134 valence electrons. The van der Waals surface area contributed by atoms with Crippen LogP contribution in [0.15, 0.2) is 4.52 Å². The van der Waals surface area contributed by atoms with Crippen molar-refractivity contribution in [2.75, 3.05) is 0 Å². The number of alkyl carbamates (subject to hydrolysis) is 1. The van der Waals surface area contributed by atoms with Crippen LogP contribution in [0.5, 0.6) is 0 Å². The monoisotopic (exact) mass is 340 g/mol. The van der Waals surface area contributed by atoms with Crippen molar-refractivity contribution >= 4 is 12.2 Å². The van der Waals surface area contributed by atoms with Crippen LogP contribution in [0.4, 0.5) is 9.59 Å². The smallest absolute Gasteiger partial charge is 0.407 e. The highest BCUT2D eigenvalue weighted by Gasteiger charge is 2.36. The molecule has 3 N–H and O–H groups in total. The fraction of sp³-hybridized carbons (Fsp3) is 0.733. The van der Waals surface area contributed by atoms with Gasteiger partial charge in [-0.15, -0.1) is 0 Å². The molecule has 2 rings (SSSR count). The van der Waals surface area contributed by atoms with E-state index in [1.165, 1.54) is 0 Å². The van der Waals surface area contributed by atoms with Crippen LogP contribution in [-0.2, 0) is 4.74 Å². The van der Waals surface area contributed by atoms with Gasteiger partial charge in [-0.25, -0.2) is 9.59 Å². The maximum atomic E-state index is 12.0. The average Bonchev–Trinajstić information content (AvgIpc) is 2.84. The Morgan fingerprint density at radius 2 is 1.96 bits per heavy atom. The molecule has 0 spiro atoms. The first kappa shape index (κ1) is 18.0. The second-order valence-corrected chi connectivity index (χ2v) is 6.99. The highest BCUT2D eigenvalue weighted by molar-refractivity contribution is 5.69. The first-order valence-corrected chi connectivity index (χ1v) is 7.93. The first-order chi connectivity index (χ1) is 11.1. The van der Waals surface area contributed by atoms with Crippen molar-refractivity contribution in [3.8, 4) is 0 Å². The van der Waals surface area contributed by atoms with E-state index in [4.69, 9.17) is 14.4 Å². The standard InChI is InChI=1S/C15H24N4O5/c1-8-16-12(19-24-8)9-5-6-10(17-13(20)21)11(7-9)18-14(22)23-15(2,3)4/h9-11,17H,5-7H2,1-4H3,(H,18,22)(H,20,21)/t9-,10-,11+/m0/s1. The number of hydrogen-bond donors (Lipinski definition) is 3. The highest BCUT2D eigenvalue weighted by Crippen LogP contribution is 2.32. The molecule has 1 aliphatic rings. The first-order valence-electron chi connectivity index (χ1n) is 7.93. The molecule has 1 fully saturated rings. The Kier molecular flexibility index (Phi) is 5.30. The van der Waals surface area contributed by atoms with Crippen molar-refractivity contribution < 1.29 is 24.0 Å². The maximum absolute atomic E-state index is 12.0. The zero-order chi connectivity index (χ0) is 17.9. The summed E-state index contributed by atoms with van der Waals surface area (Å²) in [5, 5.41) is 18.2. The number of carboxylic acid groups (broad SMARTS) is 1. The third-order valence-electron chi connectivity index (χ3n) is 3.77. The van der Waals surface area contributed by atoms with E-state index in [1.807, 2.05) is 0 Å². The Balaban J connectivity index is 2.07. The van der Waals surface area contributed by atoms with E-state index >= 15 is 0 Å². The van der Waals surface area contributed by atoms with Gasteiger partial charge >= 0.3 is 12.2 Å². The summed E-state index contributed by atoms with van der Waals surface area (Å²) in [6, 6.07) is -0.798. The topological polar surface area (TPSA) is 127 Å². The van der Waals surface area contributed by atoms with E-state index in [0.717, 1.165) is 0 Å². The van der Waals surface area contributed by atoms with Crippen molar-refractivity contribution in [1.82, 2.24) is 20.8 Å². The average molecular weight is 340 g/mol. The molecular weight excluding hydrogens is 316 g/mol. The summed E-state index contributed by atoms with van der Waals surface area (Å²) >= 11 is 0. The summed E-state index contributed by atoms with van der Waals surface area (Å²) in [5.41, 5.74) is -0.626. The molecule has 1 aliphatic carbocycles. The van der Waals surface area contributed by atoms with Gasteiger partial charge in [0.15, 0.2) is 5.82 Å². The van der Waals surface area contributed by atoms with Gasteiger partial charge in [0.05, 0.1) is 12.1 Å². The summed E-state index contributed by atoms with van der Waals surface area (Å²) in [5.74, 6) is 1.05. The Labute approximate surface area is 140 Å². The van der Waals surface area contributed by atoms with Crippen molar-refractivity contribution in [3.63, 3.8) is 0 Å². The van der Waals surface area contributed by atoms with Crippen molar-refractivity contribution in [3.05, 3.63) is 11.7 Å². The molecular formula is C15H24N4O5. The van der Waals surface area contributed by atoms with E-state index < -0.39 is 23.8 Å². The van der Waals surface area contributed by atoms with Crippen LogP contribution in [0.3, 0.4) is 0 Å². The van der Waals surface area contributed by atoms with E-state index in [1.54, 1.807) is 27.7 Å². The van der Waals surface area contributed by atoms with Gasteiger partial charge in [0.25, 0.3) is 0 Å². The zero-order valence-corrected chi connectivity index (χ0v) is 14.3. The van der Waals surface area contributed by atoms with Gasteiger partial charge in [-0.2, -0.15) is 4.98 Å². The number of rotatable bonds is 3. The number of aromatic nitrogens is 2. The quantitative estimate of drug-likeness (QED) is 0.769. The largest absolute Gasteiger partial charge is 0.465 e. The number of carbonyl (C=O) groups excluding carboxylic acids is 1. The van der Waals surface area contributed by atoms with Gasteiger partial charge in [-0.1, -0.05) is 5.16 Å². The second-order valence-electron chi connectivity index (χ2n) is 6.99. The molecule has 0 saturated heterocycles.